The lowest BCUT2D eigenvalue weighted by molar-refractivity contribution is 0.204. The van der Waals surface area contributed by atoms with Crippen molar-refractivity contribution in [2.75, 3.05) is 42.9 Å². The van der Waals surface area contributed by atoms with Crippen molar-refractivity contribution in [3.63, 3.8) is 0 Å². The summed E-state index contributed by atoms with van der Waals surface area (Å²) in [5.74, 6) is 7.31. The zero-order chi connectivity index (χ0) is 13.5. The van der Waals surface area contributed by atoms with E-state index in [4.69, 9.17) is 16.3 Å². The van der Waals surface area contributed by atoms with Gasteiger partial charge in [-0.1, -0.05) is 13.8 Å². The van der Waals surface area contributed by atoms with E-state index < -0.39 is 0 Å². The Kier molecular flexibility index (Phi) is 5.60. The highest BCUT2D eigenvalue weighted by Crippen LogP contribution is 2.17. The Bertz CT molecular complexity index is 371. The number of nitrogen functional groups attached to an aromatic ring is 2. The number of methoxy groups -OCH3 is 1. The highest BCUT2D eigenvalue weighted by atomic mass is 16.5. The standard InChI is InChI=1S/C11H22N6O/c1-8(2)7-17(4-5-18-3)10-6-9(16-13)14-11(12)15-10/h6,8H,4-5,7,13H2,1-3H3,(H3,12,14,15,16). The van der Waals surface area contributed by atoms with Crippen LogP contribution in [0.1, 0.15) is 13.8 Å². The van der Waals surface area contributed by atoms with E-state index in [0.29, 0.717) is 18.3 Å². The summed E-state index contributed by atoms with van der Waals surface area (Å²) in [4.78, 5) is 10.3. The van der Waals surface area contributed by atoms with Crippen molar-refractivity contribution in [3.05, 3.63) is 6.07 Å². The van der Waals surface area contributed by atoms with Crippen LogP contribution in [0.15, 0.2) is 6.07 Å². The summed E-state index contributed by atoms with van der Waals surface area (Å²) < 4.78 is 5.11. The SMILES string of the molecule is COCCN(CC(C)C)c1cc(NN)nc(N)n1. The highest BCUT2D eigenvalue weighted by Gasteiger charge is 2.12. The van der Waals surface area contributed by atoms with Crippen molar-refractivity contribution in [3.8, 4) is 0 Å². The van der Waals surface area contributed by atoms with Gasteiger partial charge in [0.25, 0.3) is 0 Å². The number of aromatic nitrogens is 2. The first-order valence-corrected chi connectivity index (χ1v) is 5.92. The molecule has 0 radical (unpaired) electrons. The van der Waals surface area contributed by atoms with E-state index in [1.54, 1.807) is 13.2 Å². The Morgan fingerprint density at radius 3 is 2.72 bits per heavy atom. The summed E-state index contributed by atoms with van der Waals surface area (Å²) in [6, 6.07) is 1.77. The molecular formula is C11H22N6O. The molecule has 0 atom stereocenters. The first kappa shape index (κ1) is 14.5. The third-order valence-electron chi connectivity index (χ3n) is 2.35. The van der Waals surface area contributed by atoms with Crippen LogP contribution < -0.4 is 21.9 Å². The van der Waals surface area contributed by atoms with E-state index in [1.165, 1.54) is 0 Å². The van der Waals surface area contributed by atoms with E-state index in [9.17, 15) is 0 Å². The normalized spacial score (nSPS) is 10.7. The first-order valence-electron chi connectivity index (χ1n) is 5.92. The molecular weight excluding hydrogens is 232 g/mol. The Morgan fingerprint density at radius 1 is 1.44 bits per heavy atom. The number of nitrogens with zero attached hydrogens (tertiary/aromatic N) is 3. The molecule has 0 bridgehead atoms. The van der Waals surface area contributed by atoms with Gasteiger partial charge in [-0.15, -0.1) is 0 Å². The van der Waals surface area contributed by atoms with Gasteiger partial charge in [0.15, 0.2) is 0 Å². The van der Waals surface area contributed by atoms with Gasteiger partial charge in [-0.2, -0.15) is 9.97 Å². The maximum absolute atomic E-state index is 5.66. The van der Waals surface area contributed by atoms with Gasteiger partial charge in [-0.3, -0.25) is 0 Å². The minimum atomic E-state index is 0.201. The van der Waals surface area contributed by atoms with Gasteiger partial charge in [0, 0.05) is 26.3 Å². The van der Waals surface area contributed by atoms with Crippen LogP contribution in [0.4, 0.5) is 17.6 Å². The molecule has 0 spiro atoms. The predicted octanol–water partition coefficient (Wildman–Crippen LogP) is 0.453. The molecule has 18 heavy (non-hydrogen) atoms. The smallest absolute Gasteiger partial charge is 0.223 e. The largest absolute Gasteiger partial charge is 0.383 e. The Hall–Kier alpha value is -1.60. The third kappa shape index (κ3) is 4.34. The van der Waals surface area contributed by atoms with Gasteiger partial charge >= 0.3 is 0 Å². The monoisotopic (exact) mass is 254 g/mol. The molecule has 1 rings (SSSR count). The number of nitrogens with one attached hydrogen (secondary N) is 1. The minimum Gasteiger partial charge on any atom is -0.383 e. The summed E-state index contributed by atoms with van der Waals surface area (Å²) in [6.45, 7) is 6.53. The summed E-state index contributed by atoms with van der Waals surface area (Å²) in [5, 5.41) is 0. The maximum atomic E-state index is 5.66. The number of hydrazine groups is 1. The highest BCUT2D eigenvalue weighted by molar-refractivity contribution is 5.52. The van der Waals surface area contributed by atoms with Crippen LogP contribution in [0.25, 0.3) is 0 Å². The van der Waals surface area contributed by atoms with Crippen molar-refractivity contribution in [1.29, 1.82) is 0 Å². The van der Waals surface area contributed by atoms with Gasteiger partial charge in [0.05, 0.1) is 6.61 Å². The van der Waals surface area contributed by atoms with Crippen LogP contribution in [0.5, 0.6) is 0 Å². The molecule has 0 aliphatic carbocycles. The molecule has 1 heterocycles. The number of anilines is 3. The zero-order valence-electron chi connectivity index (χ0n) is 11.2. The Morgan fingerprint density at radius 2 is 2.17 bits per heavy atom. The Balaban J connectivity index is 2.91. The molecule has 0 aromatic carbocycles. The van der Waals surface area contributed by atoms with Crippen molar-refractivity contribution in [2.45, 2.75) is 13.8 Å². The molecule has 0 amide bonds. The van der Waals surface area contributed by atoms with E-state index in [-0.39, 0.29) is 5.95 Å². The van der Waals surface area contributed by atoms with Crippen molar-refractivity contribution in [1.82, 2.24) is 9.97 Å². The van der Waals surface area contributed by atoms with Crippen LogP contribution in [0, 0.1) is 5.92 Å². The van der Waals surface area contributed by atoms with Gasteiger partial charge in [-0.25, -0.2) is 5.84 Å². The van der Waals surface area contributed by atoms with Gasteiger partial charge < -0.3 is 20.8 Å². The molecule has 102 valence electrons. The average molecular weight is 254 g/mol. The van der Waals surface area contributed by atoms with E-state index >= 15 is 0 Å². The molecule has 1 aromatic rings. The third-order valence-corrected chi connectivity index (χ3v) is 2.35. The number of hydrogen-bond donors (Lipinski definition) is 3. The van der Waals surface area contributed by atoms with Crippen LogP contribution in [0.3, 0.4) is 0 Å². The molecule has 0 saturated carbocycles. The van der Waals surface area contributed by atoms with Crippen LogP contribution in [0.2, 0.25) is 0 Å². The van der Waals surface area contributed by atoms with E-state index in [2.05, 4.69) is 34.1 Å². The summed E-state index contributed by atoms with van der Waals surface area (Å²) in [6.07, 6.45) is 0. The van der Waals surface area contributed by atoms with Crippen molar-refractivity contribution in [2.24, 2.45) is 11.8 Å². The lowest BCUT2D eigenvalue weighted by Crippen LogP contribution is -2.32. The maximum Gasteiger partial charge on any atom is 0.223 e. The van der Waals surface area contributed by atoms with Gasteiger partial charge in [0.2, 0.25) is 5.95 Å². The minimum absolute atomic E-state index is 0.201. The predicted molar refractivity (Wildman–Crippen MR) is 73.2 cm³/mol. The van der Waals surface area contributed by atoms with Gasteiger partial charge in [0.1, 0.15) is 11.6 Å². The first-order chi connectivity index (χ1) is 8.56. The fraction of sp³-hybridized carbons (Fsp3) is 0.636. The number of nitrogens with two attached hydrogens (primary N) is 2. The summed E-state index contributed by atoms with van der Waals surface area (Å²) >= 11 is 0. The second-order valence-corrected chi connectivity index (χ2v) is 4.45. The number of hydrogen-bond acceptors (Lipinski definition) is 7. The summed E-state index contributed by atoms with van der Waals surface area (Å²) in [5.41, 5.74) is 8.14. The van der Waals surface area contributed by atoms with Crippen LogP contribution in [-0.2, 0) is 4.74 Å². The van der Waals surface area contributed by atoms with Gasteiger partial charge in [-0.05, 0) is 5.92 Å². The lowest BCUT2D eigenvalue weighted by atomic mass is 10.2. The van der Waals surface area contributed by atoms with Crippen molar-refractivity contribution >= 4 is 17.6 Å². The topological polar surface area (TPSA) is 102 Å². The second kappa shape index (κ2) is 6.97. The molecule has 0 fully saturated rings. The zero-order valence-corrected chi connectivity index (χ0v) is 11.2. The van der Waals surface area contributed by atoms with Crippen LogP contribution in [-0.4, -0.2) is 36.8 Å². The fourth-order valence-corrected chi connectivity index (χ4v) is 1.63. The molecule has 7 nitrogen and oxygen atoms in total. The van der Waals surface area contributed by atoms with Crippen molar-refractivity contribution < 1.29 is 4.74 Å². The fourth-order valence-electron chi connectivity index (χ4n) is 1.63. The quantitative estimate of drug-likeness (QED) is 0.479. The molecule has 0 saturated heterocycles. The van der Waals surface area contributed by atoms with E-state index in [1.807, 2.05) is 0 Å². The molecule has 7 heteroatoms. The lowest BCUT2D eigenvalue weighted by Gasteiger charge is -2.25. The Labute approximate surface area is 107 Å². The molecule has 5 N–H and O–H groups in total. The van der Waals surface area contributed by atoms with E-state index in [0.717, 1.165) is 18.9 Å². The summed E-state index contributed by atoms with van der Waals surface area (Å²) in [7, 11) is 1.68. The second-order valence-electron chi connectivity index (χ2n) is 4.45. The molecule has 0 unspecified atom stereocenters. The average Bonchev–Trinajstić information content (AvgIpc) is 2.33. The molecule has 0 aliphatic heterocycles. The molecule has 1 aromatic heterocycles. The number of rotatable bonds is 7. The number of ether oxygens (including phenoxy) is 1. The molecule has 0 aliphatic rings. The van der Waals surface area contributed by atoms with Crippen LogP contribution >= 0.6 is 0 Å².